The van der Waals surface area contributed by atoms with Crippen molar-refractivity contribution in [2.24, 2.45) is 0 Å². The van der Waals surface area contributed by atoms with E-state index in [0.29, 0.717) is 32.0 Å². The SMILES string of the molecule is COc1cc(NC(=O)c2ccc(C(C)=O)s2)c(OC)cc1Cl. The molecule has 116 valence electrons. The molecule has 1 N–H and O–H groups in total. The van der Waals surface area contributed by atoms with Gasteiger partial charge in [0.2, 0.25) is 0 Å². The molecule has 2 aromatic rings. The van der Waals surface area contributed by atoms with Gasteiger partial charge in [-0.1, -0.05) is 11.6 Å². The van der Waals surface area contributed by atoms with Crippen molar-refractivity contribution < 1.29 is 19.1 Å². The number of carbonyl (C=O) groups excluding carboxylic acids is 2. The molecule has 22 heavy (non-hydrogen) atoms. The topological polar surface area (TPSA) is 64.6 Å². The van der Waals surface area contributed by atoms with Gasteiger partial charge in [-0.3, -0.25) is 9.59 Å². The summed E-state index contributed by atoms with van der Waals surface area (Å²) in [5.41, 5.74) is 0.437. The highest BCUT2D eigenvalue weighted by molar-refractivity contribution is 7.16. The summed E-state index contributed by atoms with van der Waals surface area (Å²) in [5, 5.41) is 3.11. The van der Waals surface area contributed by atoms with Gasteiger partial charge in [-0.15, -0.1) is 11.3 Å². The van der Waals surface area contributed by atoms with Crippen LogP contribution in [0.25, 0.3) is 0 Å². The summed E-state index contributed by atoms with van der Waals surface area (Å²) in [4.78, 5) is 24.5. The number of amides is 1. The van der Waals surface area contributed by atoms with Gasteiger partial charge < -0.3 is 14.8 Å². The summed E-state index contributed by atoms with van der Waals surface area (Å²) in [7, 11) is 2.96. The van der Waals surface area contributed by atoms with E-state index in [1.165, 1.54) is 21.1 Å². The van der Waals surface area contributed by atoms with Crippen LogP contribution < -0.4 is 14.8 Å². The van der Waals surface area contributed by atoms with Crippen LogP contribution in [0.1, 0.15) is 26.3 Å². The molecule has 0 spiro atoms. The monoisotopic (exact) mass is 339 g/mol. The third-order valence-electron chi connectivity index (χ3n) is 2.90. The van der Waals surface area contributed by atoms with Gasteiger partial charge in [-0.2, -0.15) is 0 Å². The Hall–Kier alpha value is -2.05. The van der Waals surface area contributed by atoms with Crippen molar-refractivity contribution >= 4 is 40.3 Å². The molecule has 0 saturated carbocycles. The molecule has 2 rings (SSSR count). The van der Waals surface area contributed by atoms with Crippen molar-refractivity contribution in [3.8, 4) is 11.5 Å². The molecule has 1 aromatic heterocycles. The number of nitrogens with one attached hydrogen (secondary N) is 1. The lowest BCUT2D eigenvalue weighted by Crippen LogP contribution is -2.11. The first-order valence-corrected chi connectivity index (χ1v) is 7.49. The normalized spacial score (nSPS) is 10.2. The van der Waals surface area contributed by atoms with Crippen molar-refractivity contribution in [1.82, 2.24) is 0 Å². The average Bonchev–Trinajstić information content (AvgIpc) is 2.98. The van der Waals surface area contributed by atoms with Crippen molar-refractivity contribution in [3.63, 3.8) is 0 Å². The Morgan fingerprint density at radius 1 is 1.09 bits per heavy atom. The van der Waals surface area contributed by atoms with Crippen molar-refractivity contribution in [3.05, 3.63) is 39.0 Å². The molecule has 0 aliphatic rings. The summed E-state index contributed by atoms with van der Waals surface area (Å²) in [6, 6.07) is 6.38. The highest BCUT2D eigenvalue weighted by Crippen LogP contribution is 2.36. The van der Waals surface area contributed by atoms with E-state index >= 15 is 0 Å². The van der Waals surface area contributed by atoms with E-state index < -0.39 is 0 Å². The first-order valence-electron chi connectivity index (χ1n) is 6.30. The smallest absolute Gasteiger partial charge is 0.265 e. The number of anilines is 1. The Bertz CT molecular complexity index is 726. The summed E-state index contributed by atoms with van der Waals surface area (Å²) in [6.07, 6.45) is 0. The van der Waals surface area contributed by atoms with Crippen LogP contribution in [-0.4, -0.2) is 25.9 Å². The molecular weight excluding hydrogens is 326 g/mol. The van der Waals surface area contributed by atoms with Crippen LogP contribution in [-0.2, 0) is 0 Å². The molecule has 0 bridgehead atoms. The highest BCUT2D eigenvalue weighted by atomic mass is 35.5. The number of hydrogen-bond donors (Lipinski definition) is 1. The Labute approximate surface area is 136 Å². The van der Waals surface area contributed by atoms with Crippen LogP contribution in [0.5, 0.6) is 11.5 Å². The van der Waals surface area contributed by atoms with E-state index in [4.69, 9.17) is 21.1 Å². The fourth-order valence-corrected chi connectivity index (χ4v) is 2.82. The van der Waals surface area contributed by atoms with Crippen LogP contribution in [0.3, 0.4) is 0 Å². The molecule has 5 nitrogen and oxygen atoms in total. The van der Waals surface area contributed by atoms with Gasteiger partial charge in [0.15, 0.2) is 5.78 Å². The van der Waals surface area contributed by atoms with Crippen LogP contribution in [0.4, 0.5) is 5.69 Å². The number of thiophene rings is 1. The number of ether oxygens (including phenoxy) is 2. The maximum absolute atomic E-state index is 12.3. The van der Waals surface area contributed by atoms with E-state index in [2.05, 4.69) is 5.32 Å². The Morgan fingerprint density at radius 3 is 2.27 bits per heavy atom. The second-order valence-corrected chi connectivity index (χ2v) is 5.85. The van der Waals surface area contributed by atoms with Crippen LogP contribution >= 0.6 is 22.9 Å². The largest absolute Gasteiger partial charge is 0.495 e. The lowest BCUT2D eigenvalue weighted by atomic mass is 10.2. The molecule has 0 fully saturated rings. The molecule has 7 heteroatoms. The fraction of sp³-hybridized carbons (Fsp3) is 0.200. The Kier molecular flexibility index (Phi) is 5.05. The van der Waals surface area contributed by atoms with Gasteiger partial charge in [0.05, 0.1) is 34.7 Å². The van der Waals surface area contributed by atoms with Gasteiger partial charge in [0.25, 0.3) is 5.91 Å². The molecule has 0 saturated heterocycles. The maximum Gasteiger partial charge on any atom is 0.265 e. The van der Waals surface area contributed by atoms with Crippen molar-refractivity contribution in [2.75, 3.05) is 19.5 Å². The lowest BCUT2D eigenvalue weighted by Gasteiger charge is -2.12. The number of rotatable bonds is 5. The summed E-state index contributed by atoms with van der Waals surface area (Å²) in [6.45, 7) is 1.46. The molecule has 0 unspecified atom stereocenters. The van der Waals surface area contributed by atoms with Crippen molar-refractivity contribution in [2.45, 2.75) is 6.92 Å². The van der Waals surface area contributed by atoms with Gasteiger partial charge in [0.1, 0.15) is 11.5 Å². The molecule has 1 heterocycles. The number of methoxy groups -OCH3 is 2. The van der Waals surface area contributed by atoms with Crippen LogP contribution in [0, 0.1) is 0 Å². The molecule has 1 aromatic carbocycles. The minimum absolute atomic E-state index is 0.0743. The number of hydrogen-bond acceptors (Lipinski definition) is 5. The molecule has 0 aliphatic carbocycles. The average molecular weight is 340 g/mol. The van der Waals surface area contributed by atoms with Crippen LogP contribution in [0.2, 0.25) is 5.02 Å². The quantitative estimate of drug-likeness (QED) is 0.840. The minimum atomic E-state index is -0.333. The molecular formula is C15H14ClNO4S. The number of halogens is 1. The van der Waals surface area contributed by atoms with E-state index in [0.717, 1.165) is 11.3 Å². The zero-order chi connectivity index (χ0) is 16.3. The number of benzene rings is 1. The molecule has 0 radical (unpaired) electrons. The number of ketones is 1. The Balaban J connectivity index is 2.28. The second-order valence-electron chi connectivity index (χ2n) is 4.36. The van der Waals surface area contributed by atoms with E-state index in [9.17, 15) is 9.59 Å². The molecule has 0 aliphatic heterocycles. The lowest BCUT2D eigenvalue weighted by molar-refractivity contribution is 0.101. The fourth-order valence-electron chi connectivity index (χ4n) is 1.79. The van der Waals surface area contributed by atoms with Gasteiger partial charge >= 0.3 is 0 Å². The summed E-state index contributed by atoms with van der Waals surface area (Å²) in [5.74, 6) is 0.436. The predicted molar refractivity (Wildman–Crippen MR) is 86.8 cm³/mol. The van der Waals surface area contributed by atoms with E-state index in [1.807, 2.05) is 0 Å². The van der Waals surface area contributed by atoms with E-state index in [1.54, 1.807) is 24.3 Å². The molecule has 1 amide bonds. The first kappa shape index (κ1) is 16.3. The van der Waals surface area contributed by atoms with Gasteiger partial charge in [-0.05, 0) is 19.1 Å². The zero-order valence-corrected chi connectivity index (χ0v) is 13.8. The predicted octanol–water partition coefficient (Wildman–Crippen LogP) is 3.87. The first-order chi connectivity index (χ1) is 10.5. The standard InChI is InChI=1S/C15H14ClNO4S/c1-8(18)13-4-5-14(22-13)15(19)17-10-7-11(20-2)9(16)6-12(10)21-3/h4-7H,1-3H3,(H,17,19). The number of Topliss-reactive ketones (excluding diaryl/α,β-unsaturated/α-hetero) is 1. The molecule has 0 atom stereocenters. The van der Waals surface area contributed by atoms with Gasteiger partial charge in [0, 0.05) is 12.1 Å². The third kappa shape index (κ3) is 3.40. The zero-order valence-electron chi connectivity index (χ0n) is 12.2. The van der Waals surface area contributed by atoms with Crippen LogP contribution in [0.15, 0.2) is 24.3 Å². The van der Waals surface area contributed by atoms with Gasteiger partial charge in [-0.25, -0.2) is 0 Å². The number of carbonyl (C=O) groups is 2. The van der Waals surface area contributed by atoms with E-state index in [-0.39, 0.29) is 11.7 Å². The minimum Gasteiger partial charge on any atom is -0.495 e. The third-order valence-corrected chi connectivity index (χ3v) is 4.38. The summed E-state index contributed by atoms with van der Waals surface area (Å²) < 4.78 is 10.3. The summed E-state index contributed by atoms with van der Waals surface area (Å²) >= 11 is 7.15. The second kappa shape index (κ2) is 6.81. The maximum atomic E-state index is 12.3. The van der Waals surface area contributed by atoms with Crippen molar-refractivity contribution in [1.29, 1.82) is 0 Å². The Morgan fingerprint density at radius 2 is 1.73 bits per heavy atom. The highest BCUT2D eigenvalue weighted by Gasteiger charge is 2.16.